The van der Waals surface area contributed by atoms with Crippen molar-refractivity contribution in [1.29, 1.82) is 0 Å². The van der Waals surface area contributed by atoms with E-state index in [1.165, 1.54) is 13.2 Å². The van der Waals surface area contributed by atoms with E-state index in [4.69, 9.17) is 5.73 Å². The van der Waals surface area contributed by atoms with E-state index < -0.39 is 0 Å². The number of nitrogens with two attached hydrogens (primary N) is 1. The molecule has 0 saturated heterocycles. The number of hydrogen-bond acceptors (Lipinski definition) is 3. The summed E-state index contributed by atoms with van der Waals surface area (Å²) in [5.41, 5.74) is 9.54. The Morgan fingerprint density at radius 1 is 1.11 bits per heavy atom. The van der Waals surface area contributed by atoms with Gasteiger partial charge in [0.25, 0.3) is 0 Å². The lowest BCUT2D eigenvalue weighted by atomic mass is 10.0. The number of benzene rings is 2. The fraction of sp³-hybridized carbons (Fsp3) is 0.0625. The Kier molecular flexibility index (Phi) is 3.98. The van der Waals surface area contributed by atoms with E-state index >= 15 is 0 Å². The van der Waals surface area contributed by atoms with Crippen LogP contribution < -0.4 is 5.73 Å². The van der Waals surface area contributed by atoms with E-state index in [1.54, 1.807) is 6.08 Å². The van der Waals surface area contributed by atoms with Gasteiger partial charge in [-0.05, 0) is 41.0 Å². The summed E-state index contributed by atoms with van der Waals surface area (Å²) in [6, 6.07) is 15.6. The summed E-state index contributed by atoms with van der Waals surface area (Å²) < 4.78 is 4.56. The normalized spacial score (nSPS) is 10.6. The van der Waals surface area contributed by atoms with Gasteiger partial charge in [-0.1, -0.05) is 30.3 Å². The lowest BCUT2D eigenvalue weighted by Gasteiger charge is -2.04. The lowest BCUT2D eigenvalue weighted by molar-refractivity contribution is -0.134. The number of carbonyl (C=O) groups excluding carboxylic acids is 1. The standard InChI is InChI=1S/C16H15NO2/c1-19-16(18)9-8-12-4-2-5-13(10-12)14-6-3-7-15(17)11-14/h2-11H,17H2,1H3. The van der Waals surface area contributed by atoms with Gasteiger partial charge in [0.05, 0.1) is 7.11 Å². The molecule has 0 aliphatic heterocycles. The van der Waals surface area contributed by atoms with Crippen LogP contribution in [0.5, 0.6) is 0 Å². The quantitative estimate of drug-likeness (QED) is 0.519. The van der Waals surface area contributed by atoms with Crippen molar-refractivity contribution in [3.05, 3.63) is 60.2 Å². The summed E-state index contributed by atoms with van der Waals surface area (Å²) in [5.74, 6) is -0.366. The Hall–Kier alpha value is -2.55. The third-order valence-corrected chi connectivity index (χ3v) is 2.72. The highest BCUT2D eigenvalue weighted by atomic mass is 16.5. The van der Waals surface area contributed by atoms with Crippen molar-refractivity contribution in [2.24, 2.45) is 0 Å². The van der Waals surface area contributed by atoms with Crippen LogP contribution in [-0.4, -0.2) is 13.1 Å². The molecule has 0 atom stereocenters. The van der Waals surface area contributed by atoms with Crippen LogP contribution in [0.3, 0.4) is 0 Å². The smallest absolute Gasteiger partial charge is 0.330 e. The van der Waals surface area contributed by atoms with Gasteiger partial charge < -0.3 is 10.5 Å². The zero-order valence-corrected chi connectivity index (χ0v) is 10.7. The molecule has 0 bridgehead atoms. The van der Waals surface area contributed by atoms with Crippen molar-refractivity contribution in [3.8, 4) is 11.1 Å². The van der Waals surface area contributed by atoms with E-state index in [-0.39, 0.29) is 5.97 Å². The largest absolute Gasteiger partial charge is 0.466 e. The molecule has 3 heteroatoms. The zero-order valence-electron chi connectivity index (χ0n) is 10.7. The first-order valence-electron chi connectivity index (χ1n) is 5.91. The molecule has 0 saturated carbocycles. The molecule has 0 heterocycles. The Bertz CT molecular complexity index is 618. The van der Waals surface area contributed by atoms with Crippen LogP contribution in [0.25, 0.3) is 17.2 Å². The second-order valence-electron chi connectivity index (χ2n) is 4.11. The molecule has 2 N–H and O–H groups in total. The van der Waals surface area contributed by atoms with Gasteiger partial charge in [-0.25, -0.2) is 4.79 Å². The molecule has 0 fully saturated rings. The summed E-state index contributed by atoms with van der Waals surface area (Å²) in [4.78, 5) is 11.1. The molecule has 2 aromatic rings. The van der Waals surface area contributed by atoms with Gasteiger partial charge in [0.15, 0.2) is 0 Å². The topological polar surface area (TPSA) is 52.3 Å². The highest BCUT2D eigenvalue weighted by Gasteiger charge is 1.99. The van der Waals surface area contributed by atoms with Crippen LogP contribution in [0.1, 0.15) is 5.56 Å². The van der Waals surface area contributed by atoms with E-state index in [0.717, 1.165) is 22.4 Å². The van der Waals surface area contributed by atoms with Gasteiger partial charge >= 0.3 is 5.97 Å². The SMILES string of the molecule is COC(=O)C=Cc1cccc(-c2cccc(N)c2)c1. The molecule has 0 aliphatic carbocycles. The van der Waals surface area contributed by atoms with Gasteiger partial charge in [0.1, 0.15) is 0 Å². The summed E-state index contributed by atoms with van der Waals surface area (Å²) in [7, 11) is 1.36. The number of methoxy groups -OCH3 is 1. The fourth-order valence-electron chi connectivity index (χ4n) is 1.77. The second kappa shape index (κ2) is 5.87. The number of rotatable bonds is 3. The average Bonchev–Trinajstić information content (AvgIpc) is 2.45. The highest BCUT2D eigenvalue weighted by molar-refractivity contribution is 5.87. The molecular weight excluding hydrogens is 238 g/mol. The molecule has 0 aliphatic rings. The maximum absolute atomic E-state index is 11.1. The first-order valence-corrected chi connectivity index (χ1v) is 5.91. The minimum Gasteiger partial charge on any atom is -0.466 e. The van der Waals surface area contributed by atoms with Crippen LogP contribution in [0, 0.1) is 0 Å². The highest BCUT2D eigenvalue weighted by Crippen LogP contribution is 2.22. The third kappa shape index (κ3) is 3.45. The van der Waals surface area contributed by atoms with E-state index in [9.17, 15) is 4.79 Å². The molecule has 96 valence electrons. The maximum atomic E-state index is 11.1. The molecular formula is C16H15NO2. The van der Waals surface area contributed by atoms with Crippen LogP contribution in [0.15, 0.2) is 54.6 Å². The van der Waals surface area contributed by atoms with Gasteiger partial charge in [-0.3, -0.25) is 0 Å². The predicted molar refractivity (Wildman–Crippen MR) is 77.3 cm³/mol. The fourth-order valence-corrected chi connectivity index (χ4v) is 1.77. The molecule has 2 aromatic carbocycles. The van der Waals surface area contributed by atoms with E-state index in [1.807, 2.05) is 48.5 Å². The van der Waals surface area contributed by atoms with E-state index in [2.05, 4.69) is 4.74 Å². The van der Waals surface area contributed by atoms with Crippen molar-refractivity contribution in [1.82, 2.24) is 0 Å². The van der Waals surface area contributed by atoms with Gasteiger partial charge in [-0.15, -0.1) is 0 Å². The Morgan fingerprint density at radius 3 is 2.47 bits per heavy atom. The molecule has 2 rings (SSSR count). The first-order chi connectivity index (χ1) is 9.19. The number of hydrogen-bond donors (Lipinski definition) is 1. The molecule has 0 spiro atoms. The van der Waals surface area contributed by atoms with Gasteiger partial charge in [-0.2, -0.15) is 0 Å². The molecule has 3 nitrogen and oxygen atoms in total. The summed E-state index contributed by atoms with van der Waals surface area (Å²) >= 11 is 0. The summed E-state index contributed by atoms with van der Waals surface area (Å²) in [5, 5.41) is 0. The maximum Gasteiger partial charge on any atom is 0.330 e. The van der Waals surface area contributed by atoms with Crippen molar-refractivity contribution >= 4 is 17.7 Å². The number of esters is 1. The number of carbonyl (C=O) groups is 1. The Balaban J connectivity index is 2.29. The van der Waals surface area contributed by atoms with Crippen molar-refractivity contribution in [3.63, 3.8) is 0 Å². The van der Waals surface area contributed by atoms with Crippen molar-refractivity contribution < 1.29 is 9.53 Å². The van der Waals surface area contributed by atoms with E-state index in [0.29, 0.717) is 0 Å². The number of anilines is 1. The predicted octanol–water partition coefficient (Wildman–Crippen LogP) is 3.12. The minimum absolute atomic E-state index is 0.366. The van der Waals surface area contributed by atoms with Crippen molar-refractivity contribution in [2.45, 2.75) is 0 Å². The minimum atomic E-state index is -0.366. The summed E-state index contributed by atoms with van der Waals surface area (Å²) in [6.45, 7) is 0. The summed E-state index contributed by atoms with van der Waals surface area (Å²) in [6.07, 6.45) is 3.13. The van der Waals surface area contributed by atoms with Crippen LogP contribution in [0.4, 0.5) is 5.69 Å². The molecule has 0 aromatic heterocycles. The second-order valence-corrected chi connectivity index (χ2v) is 4.11. The monoisotopic (exact) mass is 253 g/mol. The Labute approximate surface area is 112 Å². The third-order valence-electron chi connectivity index (χ3n) is 2.72. The number of nitrogen functional groups attached to an aromatic ring is 1. The lowest BCUT2D eigenvalue weighted by Crippen LogP contribution is -1.93. The first kappa shape index (κ1) is 12.9. The average molecular weight is 253 g/mol. The molecule has 19 heavy (non-hydrogen) atoms. The van der Waals surface area contributed by atoms with Crippen molar-refractivity contribution in [2.75, 3.05) is 12.8 Å². The Morgan fingerprint density at radius 2 is 1.79 bits per heavy atom. The van der Waals surface area contributed by atoms with Gasteiger partial charge in [0, 0.05) is 11.8 Å². The van der Waals surface area contributed by atoms with Crippen LogP contribution in [-0.2, 0) is 9.53 Å². The van der Waals surface area contributed by atoms with Crippen LogP contribution >= 0.6 is 0 Å². The molecule has 0 amide bonds. The number of ether oxygens (including phenoxy) is 1. The van der Waals surface area contributed by atoms with Gasteiger partial charge in [0.2, 0.25) is 0 Å². The van der Waals surface area contributed by atoms with Crippen LogP contribution in [0.2, 0.25) is 0 Å². The molecule has 0 unspecified atom stereocenters. The zero-order chi connectivity index (χ0) is 13.7. The molecule has 0 radical (unpaired) electrons.